The van der Waals surface area contributed by atoms with E-state index in [4.69, 9.17) is 5.11 Å². The van der Waals surface area contributed by atoms with Gasteiger partial charge in [0.1, 0.15) is 0 Å². The molecule has 1 aromatic heterocycles. The number of hydrogen-bond acceptors (Lipinski definition) is 2. The molecule has 1 aliphatic rings. The van der Waals surface area contributed by atoms with Crippen LogP contribution in [0.5, 0.6) is 0 Å². The maximum atomic E-state index is 10.7. The quantitative estimate of drug-likeness (QED) is 0.811. The number of aromatic amines is 1. The largest absolute Gasteiger partial charge is 0.481 e. The van der Waals surface area contributed by atoms with Crippen LogP contribution in [0.3, 0.4) is 0 Å². The van der Waals surface area contributed by atoms with Crippen LogP contribution in [-0.4, -0.2) is 22.1 Å². The number of carboxylic acid groups (broad SMARTS) is 1. The number of benzene rings is 1. The van der Waals surface area contributed by atoms with Crippen LogP contribution < -0.4 is 5.32 Å². The van der Waals surface area contributed by atoms with E-state index < -0.39 is 5.97 Å². The monoisotopic (exact) mass is 322 g/mol. The van der Waals surface area contributed by atoms with Gasteiger partial charge in [-0.15, -0.1) is 0 Å². The first-order valence-electron chi connectivity index (χ1n) is 6.35. The smallest absolute Gasteiger partial charge is 0.306 e. The molecule has 1 aromatic carbocycles. The van der Waals surface area contributed by atoms with Crippen molar-refractivity contribution in [3.8, 4) is 0 Å². The van der Waals surface area contributed by atoms with Gasteiger partial charge in [-0.2, -0.15) is 0 Å². The van der Waals surface area contributed by atoms with Crippen LogP contribution in [0.15, 0.2) is 28.7 Å². The molecule has 0 amide bonds. The summed E-state index contributed by atoms with van der Waals surface area (Å²) in [6, 6.07) is 8.62. The Morgan fingerprint density at radius 2 is 2.21 bits per heavy atom. The van der Waals surface area contributed by atoms with E-state index in [-0.39, 0.29) is 5.92 Å². The van der Waals surface area contributed by atoms with Gasteiger partial charge in [-0.1, -0.05) is 22.0 Å². The number of halogens is 1. The number of carboxylic acids is 1. The number of aliphatic carboxylic acids is 1. The van der Waals surface area contributed by atoms with E-state index in [1.165, 1.54) is 5.39 Å². The first-order chi connectivity index (χ1) is 9.11. The lowest BCUT2D eigenvalue weighted by Crippen LogP contribution is -2.43. The summed E-state index contributed by atoms with van der Waals surface area (Å²) in [7, 11) is 0. The summed E-state index contributed by atoms with van der Waals surface area (Å²) < 4.78 is 1.06. The lowest BCUT2D eigenvalue weighted by molar-refractivity contribution is -0.145. The van der Waals surface area contributed by atoms with Crippen molar-refractivity contribution in [3.63, 3.8) is 0 Å². The summed E-state index contributed by atoms with van der Waals surface area (Å²) >= 11 is 3.45. The summed E-state index contributed by atoms with van der Waals surface area (Å²) in [4.78, 5) is 14.1. The second kappa shape index (κ2) is 4.98. The highest BCUT2D eigenvalue weighted by atomic mass is 79.9. The number of fused-ring (bicyclic) bond motifs is 1. The van der Waals surface area contributed by atoms with E-state index >= 15 is 0 Å². The molecule has 0 atom stereocenters. The minimum atomic E-state index is -0.673. The molecule has 3 N–H and O–H groups in total. The third kappa shape index (κ3) is 2.67. The molecule has 2 aromatic rings. The molecule has 5 heteroatoms. The zero-order chi connectivity index (χ0) is 13.4. The Kier molecular flexibility index (Phi) is 3.33. The topological polar surface area (TPSA) is 65.1 Å². The van der Waals surface area contributed by atoms with Gasteiger partial charge < -0.3 is 15.4 Å². The first-order valence-corrected chi connectivity index (χ1v) is 7.14. The standard InChI is InChI=1S/C14H15BrN2O2/c15-10-2-1-8-3-12(17-13(8)6-10)7-16-11-4-9(5-11)14(18)19/h1-3,6,9,11,16-17H,4-5,7H2,(H,18,19). The van der Waals surface area contributed by atoms with Crippen LogP contribution in [0.2, 0.25) is 0 Å². The van der Waals surface area contributed by atoms with Gasteiger partial charge in [0.25, 0.3) is 0 Å². The third-order valence-electron chi connectivity index (χ3n) is 3.71. The second-order valence-electron chi connectivity index (χ2n) is 5.11. The van der Waals surface area contributed by atoms with Crippen LogP contribution in [-0.2, 0) is 11.3 Å². The Bertz CT molecular complexity index is 617. The zero-order valence-corrected chi connectivity index (χ0v) is 11.9. The number of aromatic nitrogens is 1. The van der Waals surface area contributed by atoms with Crippen LogP contribution in [0.25, 0.3) is 10.9 Å². The highest BCUT2D eigenvalue weighted by Crippen LogP contribution is 2.28. The minimum Gasteiger partial charge on any atom is -0.481 e. The lowest BCUT2D eigenvalue weighted by Gasteiger charge is -2.32. The molecule has 0 spiro atoms. The maximum Gasteiger partial charge on any atom is 0.306 e. The van der Waals surface area contributed by atoms with Crippen molar-refractivity contribution in [1.82, 2.24) is 10.3 Å². The van der Waals surface area contributed by atoms with Gasteiger partial charge in [0.05, 0.1) is 5.92 Å². The summed E-state index contributed by atoms with van der Waals surface area (Å²) in [5.74, 6) is -0.829. The predicted molar refractivity (Wildman–Crippen MR) is 77.0 cm³/mol. The van der Waals surface area contributed by atoms with E-state index in [0.29, 0.717) is 6.04 Å². The molecule has 0 aliphatic heterocycles. The molecule has 3 rings (SSSR count). The number of nitrogens with one attached hydrogen (secondary N) is 2. The van der Waals surface area contributed by atoms with E-state index in [9.17, 15) is 4.79 Å². The van der Waals surface area contributed by atoms with Crippen LogP contribution >= 0.6 is 15.9 Å². The predicted octanol–water partition coefficient (Wildman–Crippen LogP) is 2.88. The van der Waals surface area contributed by atoms with Crippen LogP contribution in [0.1, 0.15) is 18.5 Å². The molecule has 0 saturated heterocycles. The molecular formula is C14H15BrN2O2. The highest BCUT2D eigenvalue weighted by Gasteiger charge is 2.33. The Labute approximate surface area is 119 Å². The normalized spacial score (nSPS) is 22.4. The average molecular weight is 323 g/mol. The lowest BCUT2D eigenvalue weighted by atomic mass is 9.80. The molecule has 1 fully saturated rings. The number of carbonyl (C=O) groups is 1. The molecule has 0 radical (unpaired) electrons. The Hall–Kier alpha value is -1.33. The summed E-state index contributed by atoms with van der Waals surface area (Å²) in [5.41, 5.74) is 2.25. The number of hydrogen-bond donors (Lipinski definition) is 3. The summed E-state index contributed by atoms with van der Waals surface area (Å²) in [6.45, 7) is 0.753. The molecule has 0 bridgehead atoms. The Morgan fingerprint density at radius 3 is 2.95 bits per heavy atom. The van der Waals surface area contributed by atoms with Crippen LogP contribution in [0, 0.1) is 5.92 Å². The molecule has 100 valence electrons. The van der Waals surface area contributed by atoms with Crippen molar-refractivity contribution in [2.24, 2.45) is 5.92 Å². The fourth-order valence-electron chi connectivity index (χ4n) is 2.50. The van der Waals surface area contributed by atoms with Crippen molar-refractivity contribution >= 4 is 32.8 Å². The van der Waals surface area contributed by atoms with Gasteiger partial charge in [-0.05, 0) is 36.4 Å². The Morgan fingerprint density at radius 1 is 1.42 bits per heavy atom. The minimum absolute atomic E-state index is 0.156. The second-order valence-corrected chi connectivity index (χ2v) is 6.03. The SMILES string of the molecule is O=C(O)C1CC(NCc2cc3ccc(Br)cc3[nH]2)C1. The highest BCUT2D eigenvalue weighted by molar-refractivity contribution is 9.10. The molecule has 1 saturated carbocycles. The average Bonchev–Trinajstić information content (AvgIpc) is 2.68. The van der Waals surface area contributed by atoms with Gasteiger partial charge in [-0.3, -0.25) is 4.79 Å². The van der Waals surface area contributed by atoms with Gasteiger partial charge in [0.15, 0.2) is 0 Å². The third-order valence-corrected chi connectivity index (χ3v) is 4.20. The molecule has 1 aliphatic carbocycles. The van der Waals surface area contributed by atoms with Gasteiger partial charge in [-0.25, -0.2) is 0 Å². The van der Waals surface area contributed by atoms with Crippen molar-refractivity contribution in [2.75, 3.05) is 0 Å². The molecule has 0 unspecified atom stereocenters. The van der Waals surface area contributed by atoms with Gasteiger partial charge in [0, 0.05) is 28.3 Å². The van der Waals surface area contributed by atoms with Crippen molar-refractivity contribution in [2.45, 2.75) is 25.4 Å². The fourth-order valence-corrected chi connectivity index (χ4v) is 2.86. The molecular weight excluding hydrogens is 308 g/mol. The fraction of sp³-hybridized carbons (Fsp3) is 0.357. The maximum absolute atomic E-state index is 10.7. The van der Waals surface area contributed by atoms with E-state index in [1.807, 2.05) is 6.07 Å². The summed E-state index contributed by atoms with van der Waals surface area (Å²) in [6.07, 6.45) is 1.47. The van der Waals surface area contributed by atoms with Crippen molar-refractivity contribution < 1.29 is 9.90 Å². The molecule has 1 heterocycles. The number of H-pyrrole nitrogens is 1. The molecule has 19 heavy (non-hydrogen) atoms. The summed E-state index contributed by atoms with van der Waals surface area (Å²) in [5, 5.41) is 13.4. The van der Waals surface area contributed by atoms with Gasteiger partial charge in [0.2, 0.25) is 0 Å². The molecule has 4 nitrogen and oxygen atoms in total. The van der Waals surface area contributed by atoms with Crippen molar-refractivity contribution in [3.05, 3.63) is 34.4 Å². The zero-order valence-electron chi connectivity index (χ0n) is 10.3. The van der Waals surface area contributed by atoms with E-state index in [2.05, 4.69) is 44.4 Å². The van der Waals surface area contributed by atoms with Crippen molar-refractivity contribution in [1.29, 1.82) is 0 Å². The van der Waals surface area contributed by atoms with Crippen LogP contribution in [0.4, 0.5) is 0 Å². The van der Waals surface area contributed by atoms with E-state index in [0.717, 1.165) is 35.1 Å². The Balaban J connectivity index is 1.59. The van der Waals surface area contributed by atoms with E-state index in [1.54, 1.807) is 0 Å². The van der Waals surface area contributed by atoms with Gasteiger partial charge >= 0.3 is 5.97 Å². The number of rotatable bonds is 4. The first kappa shape index (κ1) is 12.7.